The Bertz CT molecular complexity index is 952. The second-order valence-corrected chi connectivity index (χ2v) is 6.24. The third-order valence-electron chi connectivity index (χ3n) is 3.53. The number of nitro benzene ring substituents is 1. The number of hydrogen-bond donors (Lipinski definition) is 2. The van der Waals surface area contributed by atoms with Crippen molar-refractivity contribution in [2.75, 3.05) is 12.4 Å². The van der Waals surface area contributed by atoms with Crippen LogP contribution in [0.1, 0.15) is 6.42 Å². The van der Waals surface area contributed by atoms with Gasteiger partial charge in [-0.1, -0.05) is 0 Å². The van der Waals surface area contributed by atoms with E-state index >= 15 is 0 Å². The van der Waals surface area contributed by atoms with Gasteiger partial charge in [-0.25, -0.2) is 0 Å². The lowest BCUT2D eigenvalue weighted by Gasteiger charge is -2.05. The van der Waals surface area contributed by atoms with Gasteiger partial charge >= 0.3 is 0 Å². The number of non-ortho nitro benzene ring substituents is 1. The average Bonchev–Trinajstić information content (AvgIpc) is 2.55. The summed E-state index contributed by atoms with van der Waals surface area (Å²) < 4.78 is 0. The number of fused-ring (bicyclic) bond motifs is 2. The van der Waals surface area contributed by atoms with Crippen molar-refractivity contribution in [1.29, 1.82) is 0 Å². The molecule has 23 heavy (non-hydrogen) atoms. The van der Waals surface area contributed by atoms with Gasteiger partial charge in [0, 0.05) is 40.3 Å². The predicted octanol–water partition coefficient (Wildman–Crippen LogP) is 3.06. The Morgan fingerprint density at radius 3 is 2.52 bits per heavy atom. The lowest BCUT2D eigenvalue weighted by Crippen LogP contribution is -2.05. The minimum atomic E-state index is -0.510. The fourth-order valence-corrected chi connectivity index (χ4v) is 3.27. The highest BCUT2D eigenvalue weighted by Crippen LogP contribution is 2.24. The Labute approximate surface area is 135 Å². The van der Waals surface area contributed by atoms with Gasteiger partial charge in [0.25, 0.3) is 5.69 Å². The molecule has 1 aromatic heterocycles. The van der Waals surface area contributed by atoms with E-state index in [1.165, 1.54) is 12.1 Å². The van der Waals surface area contributed by atoms with Crippen LogP contribution in [0.25, 0.3) is 21.8 Å². The Morgan fingerprint density at radius 2 is 1.83 bits per heavy atom. The molecule has 0 amide bonds. The zero-order chi connectivity index (χ0) is 16.4. The topological polar surface area (TPSA) is 96.2 Å². The quantitative estimate of drug-likeness (QED) is 0.246. The number of nitro groups is 1. The molecule has 0 saturated heterocycles. The molecule has 2 aromatic carbocycles. The maximum atomic E-state index is 12.7. The second kappa shape index (κ2) is 6.39. The maximum Gasteiger partial charge on any atom is 0.270 e. The first-order valence-electron chi connectivity index (χ1n) is 7.08. The molecule has 0 aliphatic heterocycles. The molecular weight excluding hydrogens is 316 g/mol. The molecule has 0 bridgehead atoms. The molecule has 0 fully saturated rings. The second-order valence-electron chi connectivity index (χ2n) is 5.07. The molecule has 3 rings (SSSR count). The summed E-state index contributed by atoms with van der Waals surface area (Å²) in [6.07, 6.45) is 0.684. The normalized spacial score (nSPS) is 11.2. The van der Waals surface area contributed by atoms with Crippen LogP contribution in [0.4, 0.5) is 5.69 Å². The van der Waals surface area contributed by atoms with Crippen LogP contribution in [0, 0.1) is 10.1 Å². The van der Waals surface area contributed by atoms with Crippen molar-refractivity contribution < 1.29 is 10.0 Å². The molecule has 0 aliphatic carbocycles. The average molecular weight is 330 g/mol. The summed E-state index contributed by atoms with van der Waals surface area (Å²) in [5, 5.41) is 20.5. The summed E-state index contributed by atoms with van der Waals surface area (Å²) in [5.41, 5.74) is 0.953. The Morgan fingerprint density at radius 1 is 1.13 bits per heavy atom. The zero-order valence-electron chi connectivity index (χ0n) is 12.1. The minimum Gasteiger partial charge on any atom is -0.396 e. The molecule has 0 atom stereocenters. The summed E-state index contributed by atoms with van der Waals surface area (Å²) >= 11 is 1.56. The number of nitrogens with zero attached hydrogens (tertiary/aromatic N) is 1. The lowest BCUT2D eigenvalue weighted by atomic mass is 10.1. The van der Waals surface area contributed by atoms with E-state index in [4.69, 9.17) is 5.11 Å². The zero-order valence-corrected chi connectivity index (χ0v) is 12.9. The van der Waals surface area contributed by atoms with Gasteiger partial charge in [0.05, 0.1) is 15.8 Å². The Kier molecular flexibility index (Phi) is 4.31. The van der Waals surface area contributed by atoms with Gasteiger partial charge < -0.3 is 10.1 Å². The highest BCUT2D eigenvalue weighted by atomic mass is 32.2. The molecular formula is C16H14N2O4S. The number of nitrogens with one attached hydrogen (secondary N) is 1. The van der Waals surface area contributed by atoms with Crippen molar-refractivity contribution in [3.8, 4) is 0 Å². The van der Waals surface area contributed by atoms with Crippen molar-refractivity contribution in [3.63, 3.8) is 0 Å². The van der Waals surface area contributed by atoms with Crippen molar-refractivity contribution in [1.82, 2.24) is 4.98 Å². The third kappa shape index (κ3) is 3.06. The number of hydrogen-bond acceptors (Lipinski definition) is 5. The first kappa shape index (κ1) is 15.5. The fraction of sp³-hybridized carbons (Fsp3) is 0.188. The smallest absolute Gasteiger partial charge is 0.270 e. The van der Waals surface area contributed by atoms with E-state index in [1.54, 1.807) is 23.9 Å². The summed E-state index contributed by atoms with van der Waals surface area (Å²) in [7, 11) is 0. The van der Waals surface area contributed by atoms with E-state index in [0.717, 1.165) is 10.6 Å². The summed E-state index contributed by atoms with van der Waals surface area (Å²) in [6.45, 7) is 0.134. The SMILES string of the molecule is O=c1c2cc(SCCCO)ccc2[nH]c2ccc([N+](=O)[O-])cc12. The Balaban J connectivity index is 2.14. The molecule has 0 spiro atoms. The van der Waals surface area contributed by atoms with E-state index in [9.17, 15) is 14.9 Å². The molecule has 7 heteroatoms. The van der Waals surface area contributed by atoms with E-state index < -0.39 is 4.92 Å². The first-order chi connectivity index (χ1) is 11.1. The molecule has 0 aliphatic rings. The van der Waals surface area contributed by atoms with Gasteiger partial charge in [-0.2, -0.15) is 0 Å². The lowest BCUT2D eigenvalue weighted by molar-refractivity contribution is -0.384. The van der Waals surface area contributed by atoms with Crippen molar-refractivity contribution in [2.24, 2.45) is 0 Å². The van der Waals surface area contributed by atoms with Crippen LogP contribution >= 0.6 is 11.8 Å². The van der Waals surface area contributed by atoms with E-state index in [1.807, 2.05) is 12.1 Å². The Hall–Kier alpha value is -2.38. The van der Waals surface area contributed by atoms with Crippen LogP contribution in [0.15, 0.2) is 46.1 Å². The number of rotatable bonds is 5. The number of thioether (sulfide) groups is 1. The summed E-state index contributed by atoms with van der Waals surface area (Å²) in [4.78, 5) is 27.1. The van der Waals surface area contributed by atoms with Crippen LogP contribution < -0.4 is 5.43 Å². The molecule has 118 valence electrons. The molecule has 1 heterocycles. The van der Waals surface area contributed by atoms with E-state index in [2.05, 4.69) is 4.98 Å². The number of aromatic nitrogens is 1. The minimum absolute atomic E-state index is 0.101. The molecule has 0 unspecified atom stereocenters. The first-order valence-corrected chi connectivity index (χ1v) is 8.06. The monoisotopic (exact) mass is 330 g/mol. The van der Waals surface area contributed by atoms with Gasteiger partial charge in [0.15, 0.2) is 5.43 Å². The van der Waals surface area contributed by atoms with Crippen LogP contribution in [-0.2, 0) is 0 Å². The maximum absolute atomic E-state index is 12.7. The standard InChI is InChI=1S/C16H14N2O4S/c19-6-1-7-23-11-3-5-15-13(9-11)16(20)12-8-10(18(21)22)2-4-14(12)17-15/h2-5,8-9,19H,1,6-7H2,(H,17,20). The number of aliphatic hydroxyl groups is 1. The largest absolute Gasteiger partial charge is 0.396 e. The number of H-pyrrole nitrogens is 1. The fourth-order valence-electron chi connectivity index (χ4n) is 2.40. The third-order valence-corrected chi connectivity index (χ3v) is 4.61. The van der Waals surface area contributed by atoms with Crippen LogP contribution in [0.3, 0.4) is 0 Å². The number of pyridine rings is 1. The van der Waals surface area contributed by atoms with Gasteiger partial charge in [-0.3, -0.25) is 14.9 Å². The van der Waals surface area contributed by atoms with Crippen LogP contribution in [-0.4, -0.2) is 27.4 Å². The molecule has 0 saturated carbocycles. The van der Waals surface area contributed by atoms with Crippen LogP contribution in [0.5, 0.6) is 0 Å². The number of benzene rings is 2. The molecule has 6 nitrogen and oxygen atoms in total. The summed E-state index contributed by atoms with van der Waals surface area (Å²) in [5.74, 6) is 0.763. The highest BCUT2D eigenvalue weighted by molar-refractivity contribution is 7.99. The van der Waals surface area contributed by atoms with Gasteiger partial charge in [-0.15, -0.1) is 11.8 Å². The van der Waals surface area contributed by atoms with E-state index in [0.29, 0.717) is 28.2 Å². The van der Waals surface area contributed by atoms with Gasteiger partial charge in [-0.05, 0) is 30.7 Å². The summed E-state index contributed by atoms with van der Waals surface area (Å²) in [6, 6.07) is 9.77. The highest BCUT2D eigenvalue weighted by Gasteiger charge is 2.11. The molecule has 3 aromatic rings. The van der Waals surface area contributed by atoms with Crippen molar-refractivity contribution in [3.05, 3.63) is 56.7 Å². The van der Waals surface area contributed by atoms with Gasteiger partial charge in [0.1, 0.15) is 0 Å². The number of aliphatic hydroxyl groups excluding tert-OH is 1. The van der Waals surface area contributed by atoms with Crippen molar-refractivity contribution in [2.45, 2.75) is 11.3 Å². The van der Waals surface area contributed by atoms with Crippen LogP contribution in [0.2, 0.25) is 0 Å². The molecule has 0 radical (unpaired) electrons. The van der Waals surface area contributed by atoms with Gasteiger partial charge in [0.2, 0.25) is 0 Å². The van der Waals surface area contributed by atoms with E-state index in [-0.39, 0.29) is 17.7 Å². The predicted molar refractivity (Wildman–Crippen MR) is 91.2 cm³/mol. The number of aromatic amines is 1. The molecule has 2 N–H and O–H groups in total. The van der Waals surface area contributed by atoms with Crippen molar-refractivity contribution >= 4 is 39.3 Å².